The van der Waals surface area contributed by atoms with Gasteiger partial charge in [0.2, 0.25) is 0 Å². The number of ether oxygens (including phenoxy) is 2. The van der Waals surface area contributed by atoms with E-state index in [2.05, 4.69) is 31.2 Å². The van der Waals surface area contributed by atoms with Gasteiger partial charge in [0.1, 0.15) is 11.5 Å². The lowest BCUT2D eigenvalue weighted by atomic mass is 10.0. The van der Waals surface area contributed by atoms with Gasteiger partial charge in [-0.1, -0.05) is 29.8 Å². The predicted molar refractivity (Wildman–Crippen MR) is 93.4 cm³/mol. The Morgan fingerprint density at radius 2 is 1.75 bits per heavy atom. The third-order valence-electron chi connectivity index (χ3n) is 4.46. The second-order valence-corrected chi connectivity index (χ2v) is 6.12. The molecule has 0 spiro atoms. The van der Waals surface area contributed by atoms with E-state index >= 15 is 0 Å². The second-order valence-electron chi connectivity index (χ2n) is 6.12. The molecule has 126 valence electrons. The Bertz CT molecular complexity index is 679. The predicted octanol–water partition coefficient (Wildman–Crippen LogP) is 3.75. The molecule has 4 heteroatoms. The number of hydrogen-bond donors (Lipinski definition) is 0. The third kappa shape index (κ3) is 3.70. The van der Waals surface area contributed by atoms with E-state index in [0.29, 0.717) is 5.75 Å². The van der Waals surface area contributed by atoms with Crippen molar-refractivity contribution in [3.8, 4) is 11.5 Å². The summed E-state index contributed by atoms with van der Waals surface area (Å²) in [5, 5.41) is 0. The summed E-state index contributed by atoms with van der Waals surface area (Å²) in [6.45, 7) is 2.93. The summed E-state index contributed by atoms with van der Waals surface area (Å²) in [5.74, 6) is 1.48. The molecular weight excluding hydrogens is 302 g/mol. The maximum atomic E-state index is 12.6. The van der Waals surface area contributed by atoms with Gasteiger partial charge in [0.25, 0.3) is 5.91 Å². The lowest BCUT2D eigenvalue weighted by molar-refractivity contribution is -0.134. The number of amides is 1. The molecule has 1 aliphatic heterocycles. The maximum Gasteiger partial charge on any atom is 0.261 e. The van der Waals surface area contributed by atoms with Crippen LogP contribution in [0, 0.1) is 6.92 Å². The van der Waals surface area contributed by atoms with Gasteiger partial charge in [-0.05, 0) is 49.6 Å². The van der Waals surface area contributed by atoms with Gasteiger partial charge in [0, 0.05) is 6.54 Å². The molecule has 3 rings (SSSR count). The highest BCUT2D eigenvalue weighted by molar-refractivity contribution is 5.78. The van der Waals surface area contributed by atoms with E-state index in [9.17, 15) is 4.79 Å². The van der Waals surface area contributed by atoms with Crippen LogP contribution in [0.15, 0.2) is 48.5 Å². The van der Waals surface area contributed by atoms with Gasteiger partial charge in [0.05, 0.1) is 13.2 Å². The van der Waals surface area contributed by atoms with E-state index in [-0.39, 0.29) is 18.6 Å². The topological polar surface area (TPSA) is 38.8 Å². The van der Waals surface area contributed by atoms with Crippen molar-refractivity contribution >= 4 is 5.91 Å². The van der Waals surface area contributed by atoms with Crippen molar-refractivity contribution in [1.29, 1.82) is 0 Å². The summed E-state index contributed by atoms with van der Waals surface area (Å²) in [4.78, 5) is 14.5. The van der Waals surface area contributed by atoms with Crippen LogP contribution < -0.4 is 9.47 Å². The van der Waals surface area contributed by atoms with E-state index in [1.807, 2.05) is 29.2 Å². The van der Waals surface area contributed by atoms with E-state index in [1.165, 1.54) is 11.1 Å². The number of benzene rings is 2. The van der Waals surface area contributed by atoms with Crippen LogP contribution in [0.3, 0.4) is 0 Å². The minimum absolute atomic E-state index is 0.0360. The number of methoxy groups -OCH3 is 1. The number of nitrogens with zero attached hydrogens (tertiary/aromatic N) is 1. The molecule has 0 aliphatic carbocycles. The van der Waals surface area contributed by atoms with Crippen LogP contribution in [0.2, 0.25) is 0 Å². The minimum Gasteiger partial charge on any atom is -0.497 e. The maximum absolute atomic E-state index is 12.6. The summed E-state index contributed by atoms with van der Waals surface area (Å²) in [6, 6.07) is 15.9. The van der Waals surface area contributed by atoms with Crippen LogP contribution in [-0.2, 0) is 4.79 Å². The fourth-order valence-electron chi connectivity index (χ4n) is 3.10. The van der Waals surface area contributed by atoms with Gasteiger partial charge in [-0.15, -0.1) is 0 Å². The van der Waals surface area contributed by atoms with Gasteiger partial charge in [-0.2, -0.15) is 0 Å². The van der Waals surface area contributed by atoms with Crippen LogP contribution in [0.4, 0.5) is 0 Å². The molecule has 24 heavy (non-hydrogen) atoms. The van der Waals surface area contributed by atoms with Gasteiger partial charge >= 0.3 is 0 Å². The Morgan fingerprint density at radius 1 is 1.08 bits per heavy atom. The van der Waals surface area contributed by atoms with E-state index in [4.69, 9.17) is 9.47 Å². The Balaban J connectivity index is 1.61. The highest BCUT2D eigenvalue weighted by Crippen LogP contribution is 2.32. The summed E-state index contributed by atoms with van der Waals surface area (Å²) in [6.07, 6.45) is 2.05. The van der Waals surface area contributed by atoms with Crippen LogP contribution in [0.1, 0.15) is 30.0 Å². The van der Waals surface area contributed by atoms with Gasteiger partial charge in [-0.25, -0.2) is 0 Å². The number of carbonyl (C=O) groups is 1. The van der Waals surface area contributed by atoms with Crippen molar-refractivity contribution in [3.05, 3.63) is 59.7 Å². The lowest BCUT2D eigenvalue weighted by Crippen LogP contribution is -2.34. The van der Waals surface area contributed by atoms with Gasteiger partial charge in [-0.3, -0.25) is 4.79 Å². The third-order valence-corrected chi connectivity index (χ3v) is 4.46. The van der Waals surface area contributed by atoms with Crippen LogP contribution >= 0.6 is 0 Å². The Morgan fingerprint density at radius 3 is 2.42 bits per heavy atom. The highest BCUT2D eigenvalue weighted by Gasteiger charge is 2.29. The normalized spacial score (nSPS) is 16.9. The molecule has 0 radical (unpaired) electrons. The largest absolute Gasteiger partial charge is 0.497 e. The first-order valence-corrected chi connectivity index (χ1v) is 8.30. The van der Waals surface area contributed by atoms with Gasteiger partial charge < -0.3 is 14.4 Å². The number of aryl methyl sites for hydroxylation is 1. The molecular formula is C20H23NO3. The number of hydrogen-bond acceptors (Lipinski definition) is 3. The molecule has 1 heterocycles. The first kappa shape index (κ1) is 16.4. The molecule has 1 amide bonds. The molecule has 0 saturated carbocycles. The Labute approximate surface area is 143 Å². The molecule has 2 aromatic carbocycles. The second kappa shape index (κ2) is 7.39. The first-order chi connectivity index (χ1) is 11.7. The summed E-state index contributed by atoms with van der Waals surface area (Å²) in [5.41, 5.74) is 2.44. The first-order valence-electron chi connectivity index (χ1n) is 8.30. The molecule has 0 bridgehead atoms. The molecule has 0 aromatic heterocycles. The van der Waals surface area contributed by atoms with E-state index in [0.717, 1.165) is 25.1 Å². The Kier molecular flexibility index (Phi) is 5.04. The zero-order valence-electron chi connectivity index (χ0n) is 14.2. The number of rotatable bonds is 5. The van der Waals surface area contributed by atoms with E-state index < -0.39 is 0 Å². The smallest absolute Gasteiger partial charge is 0.261 e. The van der Waals surface area contributed by atoms with Crippen molar-refractivity contribution in [2.75, 3.05) is 20.3 Å². The van der Waals surface area contributed by atoms with Crippen molar-refractivity contribution in [2.24, 2.45) is 0 Å². The lowest BCUT2D eigenvalue weighted by Gasteiger charge is -2.25. The summed E-state index contributed by atoms with van der Waals surface area (Å²) >= 11 is 0. The standard InChI is InChI=1S/C20H23NO3/c1-15-5-7-16(8-6-15)19-4-3-13-21(19)20(22)14-24-18-11-9-17(23-2)10-12-18/h5-12,19H,3-4,13-14H2,1-2H3. The van der Waals surface area contributed by atoms with Crippen molar-refractivity contribution in [1.82, 2.24) is 4.90 Å². The molecule has 1 aliphatic rings. The van der Waals surface area contributed by atoms with Gasteiger partial charge in [0.15, 0.2) is 6.61 Å². The van der Waals surface area contributed by atoms with Crippen LogP contribution in [0.25, 0.3) is 0 Å². The monoisotopic (exact) mass is 325 g/mol. The molecule has 0 N–H and O–H groups in total. The zero-order valence-corrected chi connectivity index (χ0v) is 14.2. The molecule has 1 saturated heterocycles. The van der Waals surface area contributed by atoms with Crippen molar-refractivity contribution in [3.63, 3.8) is 0 Å². The number of carbonyl (C=O) groups excluding carboxylic acids is 1. The van der Waals surface area contributed by atoms with E-state index in [1.54, 1.807) is 7.11 Å². The summed E-state index contributed by atoms with van der Waals surface area (Å²) in [7, 11) is 1.62. The molecule has 1 fully saturated rings. The average Bonchev–Trinajstić information content (AvgIpc) is 3.10. The fraction of sp³-hybridized carbons (Fsp3) is 0.350. The zero-order chi connectivity index (χ0) is 16.9. The summed E-state index contributed by atoms with van der Waals surface area (Å²) < 4.78 is 10.8. The highest BCUT2D eigenvalue weighted by atomic mass is 16.5. The minimum atomic E-state index is 0.0360. The molecule has 4 nitrogen and oxygen atoms in total. The average molecular weight is 325 g/mol. The molecule has 2 aromatic rings. The fourth-order valence-corrected chi connectivity index (χ4v) is 3.10. The molecule has 1 unspecified atom stereocenters. The van der Waals surface area contributed by atoms with Crippen molar-refractivity contribution < 1.29 is 14.3 Å². The quantitative estimate of drug-likeness (QED) is 0.840. The van der Waals surface area contributed by atoms with Crippen LogP contribution in [-0.4, -0.2) is 31.1 Å². The number of likely N-dealkylation sites (tertiary alicyclic amines) is 1. The Hall–Kier alpha value is -2.49. The van der Waals surface area contributed by atoms with Crippen LogP contribution in [0.5, 0.6) is 11.5 Å². The van der Waals surface area contributed by atoms with Crippen molar-refractivity contribution in [2.45, 2.75) is 25.8 Å². The SMILES string of the molecule is COc1ccc(OCC(=O)N2CCCC2c2ccc(C)cc2)cc1. The molecule has 1 atom stereocenters.